The van der Waals surface area contributed by atoms with Crippen LogP contribution in [0, 0.1) is 0 Å². The SMILES string of the molecule is OCC1CC(O)CC(c2ccc(C3CC3)c(Cc3ccc4c(c3)OCCO4)c2)S1. The zero-order chi connectivity index (χ0) is 19.8. The molecule has 1 saturated carbocycles. The van der Waals surface area contributed by atoms with Gasteiger partial charge in [-0.3, -0.25) is 0 Å². The Morgan fingerprint density at radius 3 is 2.59 bits per heavy atom. The van der Waals surface area contributed by atoms with Crippen molar-refractivity contribution in [2.45, 2.75) is 54.6 Å². The molecule has 0 spiro atoms. The van der Waals surface area contributed by atoms with Gasteiger partial charge in [0.05, 0.1) is 12.7 Å². The Bertz CT molecular complexity index is 879. The fourth-order valence-corrected chi connectivity index (χ4v) is 6.03. The number of hydrogen-bond acceptors (Lipinski definition) is 5. The Hall–Kier alpha value is -1.69. The van der Waals surface area contributed by atoms with E-state index in [0.29, 0.717) is 25.6 Å². The molecule has 154 valence electrons. The molecule has 2 aliphatic heterocycles. The van der Waals surface area contributed by atoms with Crippen LogP contribution in [-0.4, -0.2) is 41.4 Å². The van der Waals surface area contributed by atoms with Crippen molar-refractivity contribution in [1.82, 2.24) is 0 Å². The van der Waals surface area contributed by atoms with E-state index < -0.39 is 0 Å². The van der Waals surface area contributed by atoms with Gasteiger partial charge in [0.1, 0.15) is 13.2 Å². The number of benzene rings is 2. The lowest BCUT2D eigenvalue weighted by Gasteiger charge is -2.32. The van der Waals surface area contributed by atoms with Crippen LogP contribution < -0.4 is 9.47 Å². The smallest absolute Gasteiger partial charge is 0.161 e. The van der Waals surface area contributed by atoms with Gasteiger partial charge in [0.2, 0.25) is 0 Å². The maximum Gasteiger partial charge on any atom is 0.161 e. The maximum absolute atomic E-state index is 10.3. The molecular weight excluding hydrogens is 384 g/mol. The second-order valence-electron chi connectivity index (χ2n) is 8.44. The summed E-state index contributed by atoms with van der Waals surface area (Å²) >= 11 is 1.81. The van der Waals surface area contributed by atoms with Gasteiger partial charge in [-0.05, 0) is 72.4 Å². The molecule has 4 nitrogen and oxygen atoms in total. The summed E-state index contributed by atoms with van der Waals surface area (Å²) in [6.07, 6.45) is 4.53. The summed E-state index contributed by atoms with van der Waals surface area (Å²) in [6.45, 7) is 1.34. The highest BCUT2D eigenvalue weighted by molar-refractivity contribution is 8.00. The first-order valence-corrected chi connectivity index (χ1v) is 11.6. The second kappa shape index (κ2) is 8.21. The van der Waals surface area contributed by atoms with E-state index >= 15 is 0 Å². The van der Waals surface area contributed by atoms with E-state index in [1.807, 2.05) is 6.07 Å². The lowest BCUT2D eigenvalue weighted by molar-refractivity contribution is 0.137. The summed E-state index contributed by atoms with van der Waals surface area (Å²) in [6, 6.07) is 13.1. The van der Waals surface area contributed by atoms with Crippen LogP contribution >= 0.6 is 11.8 Å². The standard InChI is InChI=1S/C24H28O4S/c25-14-20-12-19(26)13-24(29-20)17-4-5-21(16-2-3-16)18(11-17)9-15-1-6-22-23(10-15)28-8-7-27-22/h1,4-6,10-11,16,19-20,24-26H,2-3,7-9,12-14H2. The number of aliphatic hydroxyl groups excluding tert-OH is 2. The molecule has 29 heavy (non-hydrogen) atoms. The Labute approximate surface area is 176 Å². The lowest BCUT2D eigenvalue weighted by Crippen LogP contribution is -2.26. The van der Waals surface area contributed by atoms with Gasteiger partial charge in [0.25, 0.3) is 0 Å². The number of hydrogen-bond donors (Lipinski definition) is 2. The highest BCUT2D eigenvalue weighted by atomic mass is 32.2. The maximum atomic E-state index is 10.3. The molecule has 3 unspecified atom stereocenters. The molecule has 0 amide bonds. The van der Waals surface area contributed by atoms with Crippen LogP contribution in [0.25, 0.3) is 0 Å². The first-order chi connectivity index (χ1) is 14.2. The first kappa shape index (κ1) is 19.3. The molecule has 0 aromatic heterocycles. The third kappa shape index (κ3) is 4.27. The van der Waals surface area contributed by atoms with Crippen LogP contribution in [0.2, 0.25) is 0 Å². The molecule has 3 aliphatic rings. The monoisotopic (exact) mass is 412 g/mol. The minimum Gasteiger partial charge on any atom is -0.486 e. The van der Waals surface area contributed by atoms with Crippen molar-refractivity contribution < 1.29 is 19.7 Å². The third-order valence-electron chi connectivity index (χ3n) is 6.14. The highest BCUT2D eigenvalue weighted by Gasteiger charge is 2.31. The van der Waals surface area contributed by atoms with E-state index in [2.05, 4.69) is 30.3 Å². The van der Waals surface area contributed by atoms with Crippen LogP contribution in [0.1, 0.15) is 59.1 Å². The number of rotatable bonds is 5. The molecule has 2 heterocycles. The van der Waals surface area contributed by atoms with Crippen molar-refractivity contribution in [3.05, 3.63) is 58.7 Å². The number of fused-ring (bicyclic) bond motifs is 1. The van der Waals surface area contributed by atoms with Gasteiger partial charge in [0, 0.05) is 10.5 Å². The normalized spacial score (nSPS) is 26.3. The van der Waals surface area contributed by atoms with Crippen LogP contribution in [0.3, 0.4) is 0 Å². The van der Waals surface area contributed by atoms with E-state index in [1.165, 1.54) is 35.1 Å². The Balaban J connectivity index is 1.43. The fraction of sp³-hybridized carbons (Fsp3) is 0.500. The summed E-state index contributed by atoms with van der Waals surface area (Å²) in [7, 11) is 0. The molecule has 5 rings (SSSR count). The van der Waals surface area contributed by atoms with E-state index in [4.69, 9.17) is 9.47 Å². The van der Waals surface area contributed by atoms with Crippen LogP contribution in [0.15, 0.2) is 36.4 Å². The highest BCUT2D eigenvalue weighted by Crippen LogP contribution is 2.46. The van der Waals surface area contributed by atoms with Gasteiger partial charge in [-0.2, -0.15) is 0 Å². The summed E-state index contributed by atoms with van der Waals surface area (Å²) in [4.78, 5) is 0. The van der Waals surface area contributed by atoms with Gasteiger partial charge >= 0.3 is 0 Å². The van der Waals surface area contributed by atoms with Crippen molar-refractivity contribution in [3.8, 4) is 11.5 Å². The summed E-state index contributed by atoms with van der Waals surface area (Å²) < 4.78 is 11.4. The predicted octanol–water partition coefficient (Wildman–Crippen LogP) is 4.22. The molecule has 5 heteroatoms. The van der Waals surface area contributed by atoms with Gasteiger partial charge < -0.3 is 19.7 Å². The van der Waals surface area contributed by atoms with E-state index in [1.54, 1.807) is 11.8 Å². The molecule has 1 saturated heterocycles. The molecule has 2 aromatic rings. The third-order valence-corrected chi connectivity index (χ3v) is 7.66. The van der Waals surface area contributed by atoms with Crippen LogP contribution in [-0.2, 0) is 6.42 Å². The Morgan fingerprint density at radius 2 is 1.79 bits per heavy atom. The van der Waals surface area contributed by atoms with Crippen LogP contribution in [0.4, 0.5) is 0 Å². The fourth-order valence-electron chi connectivity index (χ4n) is 4.51. The largest absolute Gasteiger partial charge is 0.486 e. The molecule has 3 atom stereocenters. The van der Waals surface area contributed by atoms with Crippen molar-refractivity contribution in [3.63, 3.8) is 0 Å². The van der Waals surface area contributed by atoms with Crippen LogP contribution in [0.5, 0.6) is 11.5 Å². The van der Waals surface area contributed by atoms with Crippen molar-refractivity contribution in [2.75, 3.05) is 19.8 Å². The average molecular weight is 413 g/mol. The zero-order valence-corrected chi connectivity index (χ0v) is 17.4. The molecule has 2 aromatic carbocycles. The number of ether oxygens (including phenoxy) is 2. The van der Waals surface area contributed by atoms with Crippen molar-refractivity contribution in [1.29, 1.82) is 0 Å². The summed E-state index contributed by atoms with van der Waals surface area (Å²) in [5.74, 6) is 2.36. The molecule has 1 aliphatic carbocycles. The number of aliphatic hydroxyl groups is 2. The Morgan fingerprint density at radius 1 is 0.966 bits per heavy atom. The molecule has 2 N–H and O–H groups in total. The van der Waals surface area contributed by atoms with E-state index in [9.17, 15) is 10.2 Å². The molecular formula is C24H28O4S. The van der Waals surface area contributed by atoms with Crippen molar-refractivity contribution in [2.24, 2.45) is 0 Å². The lowest BCUT2D eigenvalue weighted by atomic mass is 9.92. The first-order valence-electron chi connectivity index (χ1n) is 10.6. The minimum atomic E-state index is -0.331. The molecule has 2 fully saturated rings. The minimum absolute atomic E-state index is 0.119. The van der Waals surface area contributed by atoms with Gasteiger partial charge in [-0.25, -0.2) is 0 Å². The quantitative estimate of drug-likeness (QED) is 0.770. The summed E-state index contributed by atoms with van der Waals surface area (Å²) in [5, 5.41) is 20.2. The topological polar surface area (TPSA) is 58.9 Å². The predicted molar refractivity (Wildman–Crippen MR) is 115 cm³/mol. The van der Waals surface area contributed by atoms with E-state index in [-0.39, 0.29) is 23.2 Å². The summed E-state index contributed by atoms with van der Waals surface area (Å²) in [5.41, 5.74) is 5.34. The van der Waals surface area contributed by atoms with Gasteiger partial charge in [-0.1, -0.05) is 24.3 Å². The van der Waals surface area contributed by atoms with E-state index in [0.717, 1.165) is 24.3 Å². The molecule has 0 bridgehead atoms. The average Bonchev–Trinajstić information content (AvgIpc) is 3.58. The second-order valence-corrected chi connectivity index (χ2v) is 9.95. The molecule has 0 radical (unpaired) electrons. The van der Waals surface area contributed by atoms with Gasteiger partial charge in [-0.15, -0.1) is 11.8 Å². The zero-order valence-electron chi connectivity index (χ0n) is 16.5. The van der Waals surface area contributed by atoms with Crippen molar-refractivity contribution >= 4 is 11.8 Å². The number of thioether (sulfide) groups is 1. The Kier molecular flexibility index (Phi) is 5.46. The van der Waals surface area contributed by atoms with Gasteiger partial charge in [0.15, 0.2) is 11.5 Å².